The molecule has 0 saturated heterocycles. The van der Waals surface area contributed by atoms with E-state index in [1.807, 2.05) is 14.1 Å². The van der Waals surface area contributed by atoms with E-state index in [1.165, 1.54) is 0 Å². The van der Waals surface area contributed by atoms with Crippen molar-refractivity contribution < 1.29 is 14.4 Å². The monoisotopic (exact) mass is 339 g/mol. The molecule has 0 saturated carbocycles. The van der Waals surface area contributed by atoms with E-state index in [4.69, 9.17) is 0 Å². The minimum absolute atomic E-state index is 0.186. The van der Waals surface area contributed by atoms with Gasteiger partial charge < -0.3 is 10.2 Å². The zero-order valence-corrected chi connectivity index (χ0v) is 13.9. The van der Waals surface area contributed by atoms with Gasteiger partial charge in [-0.05, 0) is 18.2 Å². The Kier molecular flexibility index (Phi) is 4.42. The smallest absolute Gasteiger partial charge is 0.262 e. The van der Waals surface area contributed by atoms with E-state index < -0.39 is 17.7 Å². The molecule has 2 heterocycles. The number of imide groups is 1. The highest BCUT2D eigenvalue weighted by molar-refractivity contribution is 6.22. The number of carbonyl (C=O) groups excluding carboxylic acids is 3. The summed E-state index contributed by atoms with van der Waals surface area (Å²) < 4.78 is 0. The number of aromatic nitrogens is 2. The Balaban J connectivity index is 1.61. The SMILES string of the molecule is CN(C)c1nccc(CNC(=O)CN2C(=O)c3ccccc3C2=O)n1. The fraction of sp³-hybridized carbons (Fsp3) is 0.235. The fourth-order valence-electron chi connectivity index (χ4n) is 2.47. The van der Waals surface area contributed by atoms with Crippen LogP contribution in [0.25, 0.3) is 0 Å². The molecule has 8 heteroatoms. The maximum Gasteiger partial charge on any atom is 0.262 e. The van der Waals surface area contributed by atoms with E-state index in [-0.39, 0.29) is 13.1 Å². The zero-order chi connectivity index (χ0) is 18.0. The van der Waals surface area contributed by atoms with Gasteiger partial charge in [-0.15, -0.1) is 0 Å². The van der Waals surface area contributed by atoms with Gasteiger partial charge in [0.2, 0.25) is 11.9 Å². The third kappa shape index (κ3) is 3.32. The van der Waals surface area contributed by atoms with Crippen molar-refractivity contribution in [3.05, 3.63) is 53.3 Å². The maximum atomic E-state index is 12.2. The minimum atomic E-state index is -0.451. The van der Waals surface area contributed by atoms with Crippen LogP contribution in [-0.2, 0) is 11.3 Å². The summed E-state index contributed by atoms with van der Waals surface area (Å²) in [4.78, 5) is 47.7. The second kappa shape index (κ2) is 6.68. The average molecular weight is 339 g/mol. The predicted molar refractivity (Wildman–Crippen MR) is 90.0 cm³/mol. The van der Waals surface area contributed by atoms with E-state index >= 15 is 0 Å². The lowest BCUT2D eigenvalue weighted by atomic mass is 10.1. The molecule has 1 aliphatic heterocycles. The molecule has 1 N–H and O–H groups in total. The van der Waals surface area contributed by atoms with Gasteiger partial charge in [-0.25, -0.2) is 9.97 Å². The Morgan fingerprint density at radius 2 is 1.76 bits per heavy atom. The van der Waals surface area contributed by atoms with E-state index in [0.717, 1.165) is 4.90 Å². The molecule has 1 aromatic carbocycles. The van der Waals surface area contributed by atoms with E-state index in [1.54, 1.807) is 41.4 Å². The van der Waals surface area contributed by atoms with Crippen molar-refractivity contribution in [2.24, 2.45) is 0 Å². The topological polar surface area (TPSA) is 95.5 Å². The molecule has 0 fully saturated rings. The highest BCUT2D eigenvalue weighted by Gasteiger charge is 2.36. The number of amides is 3. The maximum absolute atomic E-state index is 12.2. The Morgan fingerprint density at radius 1 is 1.12 bits per heavy atom. The Bertz CT molecular complexity index is 815. The summed E-state index contributed by atoms with van der Waals surface area (Å²) in [5.41, 5.74) is 1.29. The van der Waals surface area contributed by atoms with Crippen LogP contribution >= 0.6 is 0 Å². The van der Waals surface area contributed by atoms with Gasteiger partial charge in [0.25, 0.3) is 11.8 Å². The van der Waals surface area contributed by atoms with Crippen molar-refractivity contribution in [3.8, 4) is 0 Å². The molecule has 25 heavy (non-hydrogen) atoms. The van der Waals surface area contributed by atoms with Crippen LogP contribution in [0.1, 0.15) is 26.4 Å². The van der Waals surface area contributed by atoms with Crippen molar-refractivity contribution in [3.63, 3.8) is 0 Å². The number of hydrogen-bond donors (Lipinski definition) is 1. The minimum Gasteiger partial charge on any atom is -0.349 e. The van der Waals surface area contributed by atoms with Crippen LogP contribution < -0.4 is 10.2 Å². The number of nitrogens with zero attached hydrogens (tertiary/aromatic N) is 4. The first kappa shape index (κ1) is 16.6. The quantitative estimate of drug-likeness (QED) is 0.795. The van der Waals surface area contributed by atoms with E-state index in [0.29, 0.717) is 22.8 Å². The zero-order valence-electron chi connectivity index (χ0n) is 13.9. The predicted octanol–water partition coefficient (Wildman–Crippen LogP) is 0.455. The summed E-state index contributed by atoms with van der Waals surface area (Å²) in [6.45, 7) is -0.136. The summed E-state index contributed by atoms with van der Waals surface area (Å²) in [7, 11) is 3.64. The number of rotatable bonds is 5. The standard InChI is InChI=1S/C17H17N5O3/c1-21(2)17-18-8-7-11(20-17)9-19-14(23)10-22-15(24)12-5-3-4-6-13(12)16(22)25/h3-8H,9-10H2,1-2H3,(H,19,23). The Morgan fingerprint density at radius 3 is 2.36 bits per heavy atom. The lowest BCUT2D eigenvalue weighted by Gasteiger charge is -2.14. The molecule has 0 bridgehead atoms. The first-order valence-electron chi connectivity index (χ1n) is 7.68. The Hall–Kier alpha value is -3.29. The van der Waals surface area contributed by atoms with Crippen LogP contribution in [0.5, 0.6) is 0 Å². The van der Waals surface area contributed by atoms with Crippen LogP contribution in [0.2, 0.25) is 0 Å². The molecule has 0 spiro atoms. The van der Waals surface area contributed by atoms with E-state index in [9.17, 15) is 14.4 Å². The first-order valence-corrected chi connectivity index (χ1v) is 7.68. The molecular weight excluding hydrogens is 322 g/mol. The molecule has 128 valence electrons. The number of benzene rings is 1. The number of nitrogens with one attached hydrogen (secondary N) is 1. The first-order chi connectivity index (χ1) is 12.0. The summed E-state index contributed by atoms with van der Waals surface area (Å²) in [5.74, 6) is -0.799. The summed E-state index contributed by atoms with van der Waals surface area (Å²) in [5, 5.41) is 2.67. The molecule has 0 atom stereocenters. The van der Waals surface area contributed by atoms with Gasteiger partial charge >= 0.3 is 0 Å². The van der Waals surface area contributed by atoms with Crippen LogP contribution in [-0.4, -0.2) is 53.2 Å². The molecule has 3 amide bonds. The van der Waals surface area contributed by atoms with Crippen molar-refractivity contribution in [2.45, 2.75) is 6.54 Å². The molecular formula is C17H17N5O3. The molecule has 0 unspecified atom stereocenters. The summed E-state index contributed by atoms with van der Waals surface area (Å²) in [6, 6.07) is 8.22. The van der Waals surface area contributed by atoms with E-state index in [2.05, 4.69) is 15.3 Å². The van der Waals surface area contributed by atoms with Crippen LogP contribution in [0, 0.1) is 0 Å². The van der Waals surface area contributed by atoms with Crippen molar-refractivity contribution in [1.29, 1.82) is 0 Å². The second-order valence-corrected chi connectivity index (χ2v) is 5.76. The molecule has 1 aliphatic rings. The summed E-state index contributed by atoms with van der Waals surface area (Å²) in [6.07, 6.45) is 1.61. The fourth-order valence-corrected chi connectivity index (χ4v) is 2.47. The van der Waals surface area contributed by atoms with Crippen molar-refractivity contribution in [1.82, 2.24) is 20.2 Å². The van der Waals surface area contributed by atoms with Gasteiger partial charge in [-0.3, -0.25) is 19.3 Å². The third-order valence-electron chi connectivity index (χ3n) is 3.75. The van der Waals surface area contributed by atoms with Gasteiger partial charge in [-0.2, -0.15) is 0 Å². The van der Waals surface area contributed by atoms with Gasteiger partial charge in [0.1, 0.15) is 6.54 Å². The lowest BCUT2D eigenvalue weighted by Crippen LogP contribution is -2.40. The third-order valence-corrected chi connectivity index (χ3v) is 3.75. The summed E-state index contributed by atoms with van der Waals surface area (Å²) >= 11 is 0. The second-order valence-electron chi connectivity index (χ2n) is 5.76. The van der Waals surface area contributed by atoms with Gasteiger partial charge in [0.15, 0.2) is 0 Å². The average Bonchev–Trinajstić information content (AvgIpc) is 2.85. The van der Waals surface area contributed by atoms with Crippen LogP contribution in [0.4, 0.5) is 5.95 Å². The van der Waals surface area contributed by atoms with Gasteiger partial charge in [0.05, 0.1) is 23.4 Å². The largest absolute Gasteiger partial charge is 0.349 e. The normalized spacial score (nSPS) is 13.0. The number of fused-ring (bicyclic) bond motifs is 1. The Labute approximate surface area is 144 Å². The lowest BCUT2D eigenvalue weighted by molar-refractivity contribution is -0.121. The van der Waals surface area contributed by atoms with Gasteiger partial charge in [0, 0.05) is 20.3 Å². The highest BCUT2D eigenvalue weighted by atomic mass is 16.2. The molecule has 0 radical (unpaired) electrons. The van der Waals surface area contributed by atoms with Crippen molar-refractivity contribution in [2.75, 3.05) is 25.5 Å². The molecule has 1 aromatic heterocycles. The highest BCUT2D eigenvalue weighted by Crippen LogP contribution is 2.21. The van der Waals surface area contributed by atoms with Crippen LogP contribution in [0.15, 0.2) is 36.5 Å². The van der Waals surface area contributed by atoms with Gasteiger partial charge in [-0.1, -0.05) is 12.1 Å². The molecule has 3 rings (SSSR count). The number of anilines is 1. The molecule has 8 nitrogen and oxygen atoms in total. The van der Waals surface area contributed by atoms with Crippen molar-refractivity contribution >= 4 is 23.7 Å². The van der Waals surface area contributed by atoms with Crippen LogP contribution in [0.3, 0.4) is 0 Å². The molecule has 2 aromatic rings. The number of carbonyl (C=O) groups is 3. The molecule has 0 aliphatic carbocycles. The number of hydrogen-bond acceptors (Lipinski definition) is 6.